The number of hydrogen-bond donors (Lipinski definition) is 1. The van der Waals surface area contributed by atoms with E-state index in [4.69, 9.17) is 11.6 Å². The van der Waals surface area contributed by atoms with E-state index in [0.717, 1.165) is 12.8 Å². The van der Waals surface area contributed by atoms with Crippen LogP contribution >= 0.6 is 27.5 Å². The molecule has 1 aromatic carbocycles. The van der Waals surface area contributed by atoms with Gasteiger partial charge in [-0.05, 0) is 34.8 Å². The maximum Gasteiger partial charge on any atom is 0.240 e. The van der Waals surface area contributed by atoms with Crippen LogP contribution in [0.2, 0.25) is 0 Å². The molecule has 1 heterocycles. The zero-order valence-electron chi connectivity index (χ0n) is 11.2. The maximum absolute atomic E-state index is 13.8. The smallest absolute Gasteiger partial charge is 0.240 e. The Morgan fingerprint density at radius 2 is 2.29 bits per heavy atom. The SMILES string of the molecule is O=C(Cn1c(CCCl)nc2cc(Br)c(F)cc21)NC1CC1. The number of imidazole rings is 1. The van der Waals surface area contributed by atoms with Crippen LogP contribution in [-0.4, -0.2) is 27.4 Å². The molecule has 21 heavy (non-hydrogen) atoms. The Bertz CT molecular complexity index is 699. The summed E-state index contributed by atoms with van der Waals surface area (Å²) in [7, 11) is 0. The third-order valence-electron chi connectivity index (χ3n) is 3.43. The average molecular weight is 375 g/mol. The predicted molar refractivity (Wildman–Crippen MR) is 83.0 cm³/mol. The van der Waals surface area contributed by atoms with Crippen molar-refractivity contribution in [1.82, 2.24) is 14.9 Å². The third kappa shape index (κ3) is 3.21. The number of nitrogens with zero attached hydrogens (tertiary/aromatic N) is 2. The van der Waals surface area contributed by atoms with Gasteiger partial charge in [0.25, 0.3) is 0 Å². The average Bonchev–Trinajstić information content (AvgIpc) is 3.18. The van der Waals surface area contributed by atoms with Gasteiger partial charge >= 0.3 is 0 Å². The van der Waals surface area contributed by atoms with Gasteiger partial charge in [0.05, 0.1) is 15.5 Å². The van der Waals surface area contributed by atoms with E-state index < -0.39 is 0 Å². The molecule has 1 saturated carbocycles. The van der Waals surface area contributed by atoms with E-state index >= 15 is 0 Å². The van der Waals surface area contributed by atoms with E-state index in [9.17, 15) is 9.18 Å². The minimum Gasteiger partial charge on any atom is -0.352 e. The molecule has 0 unspecified atom stereocenters. The molecule has 7 heteroatoms. The Morgan fingerprint density at radius 3 is 2.95 bits per heavy atom. The van der Waals surface area contributed by atoms with Gasteiger partial charge in [0.2, 0.25) is 5.91 Å². The number of amides is 1. The molecule has 4 nitrogen and oxygen atoms in total. The molecule has 0 atom stereocenters. The summed E-state index contributed by atoms with van der Waals surface area (Å²) in [6.07, 6.45) is 2.60. The van der Waals surface area contributed by atoms with Gasteiger partial charge in [0.1, 0.15) is 18.2 Å². The lowest BCUT2D eigenvalue weighted by Gasteiger charge is -2.09. The van der Waals surface area contributed by atoms with Crippen molar-refractivity contribution in [3.8, 4) is 0 Å². The second kappa shape index (κ2) is 5.93. The molecule has 1 amide bonds. The van der Waals surface area contributed by atoms with E-state index in [1.165, 1.54) is 6.07 Å². The van der Waals surface area contributed by atoms with Crippen LogP contribution in [0.1, 0.15) is 18.7 Å². The third-order valence-corrected chi connectivity index (χ3v) is 4.23. The molecule has 1 aromatic heterocycles. The molecule has 1 aliphatic carbocycles. The van der Waals surface area contributed by atoms with Crippen molar-refractivity contribution in [2.45, 2.75) is 31.8 Å². The number of nitrogens with one attached hydrogen (secondary N) is 1. The summed E-state index contributed by atoms with van der Waals surface area (Å²) in [4.78, 5) is 16.5. The van der Waals surface area contributed by atoms with Crippen LogP contribution in [0, 0.1) is 5.82 Å². The summed E-state index contributed by atoms with van der Waals surface area (Å²) in [6, 6.07) is 3.32. The van der Waals surface area contributed by atoms with Crippen LogP contribution in [0.25, 0.3) is 11.0 Å². The number of carbonyl (C=O) groups is 1. The molecule has 1 fully saturated rings. The number of alkyl halides is 1. The van der Waals surface area contributed by atoms with Crippen LogP contribution in [0.15, 0.2) is 16.6 Å². The van der Waals surface area contributed by atoms with Crippen LogP contribution in [-0.2, 0) is 17.8 Å². The minimum atomic E-state index is -0.372. The van der Waals surface area contributed by atoms with E-state index in [2.05, 4.69) is 26.2 Å². The molecule has 1 N–H and O–H groups in total. The molecule has 1 aliphatic rings. The fraction of sp³-hybridized carbons (Fsp3) is 0.429. The zero-order valence-corrected chi connectivity index (χ0v) is 13.5. The number of aryl methyl sites for hydroxylation is 1. The van der Waals surface area contributed by atoms with Gasteiger partial charge in [-0.3, -0.25) is 4.79 Å². The maximum atomic E-state index is 13.8. The Morgan fingerprint density at radius 1 is 1.52 bits per heavy atom. The first-order valence-electron chi connectivity index (χ1n) is 6.78. The summed E-state index contributed by atoms with van der Waals surface area (Å²) >= 11 is 8.94. The molecular formula is C14H14BrClFN3O. The standard InChI is InChI=1S/C14H14BrClFN3O/c15-9-5-11-12(6-10(9)17)20(13(19-11)3-4-16)7-14(21)18-8-1-2-8/h5-6,8H,1-4,7H2,(H,18,21). The normalized spacial score (nSPS) is 14.6. The first-order valence-corrected chi connectivity index (χ1v) is 8.10. The number of halogens is 3. The van der Waals surface area contributed by atoms with Crippen molar-refractivity contribution in [2.75, 3.05) is 5.88 Å². The first kappa shape index (κ1) is 14.8. The quantitative estimate of drug-likeness (QED) is 0.818. The highest BCUT2D eigenvalue weighted by atomic mass is 79.9. The summed E-state index contributed by atoms with van der Waals surface area (Å²) in [5.41, 5.74) is 1.27. The van der Waals surface area contributed by atoms with Gasteiger partial charge in [-0.1, -0.05) is 0 Å². The Balaban J connectivity index is 1.97. The van der Waals surface area contributed by atoms with Crippen LogP contribution < -0.4 is 5.32 Å². The zero-order chi connectivity index (χ0) is 15.0. The van der Waals surface area contributed by atoms with E-state index in [0.29, 0.717) is 39.7 Å². The Kier molecular flexibility index (Phi) is 4.17. The van der Waals surface area contributed by atoms with Crippen LogP contribution in [0.4, 0.5) is 4.39 Å². The lowest BCUT2D eigenvalue weighted by Crippen LogP contribution is -2.29. The summed E-state index contributed by atoms with van der Waals surface area (Å²) in [5.74, 6) is 0.653. The summed E-state index contributed by atoms with van der Waals surface area (Å²) < 4.78 is 15.9. The predicted octanol–water partition coefficient (Wildman–Crippen LogP) is 3.00. The van der Waals surface area contributed by atoms with E-state index in [1.54, 1.807) is 10.6 Å². The fourth-order valence-electron chi connectivity index (χ4n) is 2.27. The fourth-order valence-corrected chi connectivity index (χ4v) is 2.77. The van der Waals surface area contributed by atoms with Gasteiger partial charge in [-0.15, -0.1) is 11.6 Å². The lowest BCUT2D eigenvalue weighted by molar-refractivity contribution is -0.121. The molecule has 0 saturated heterocycles. The number of benzene rings is 1. The number of rotatable bonds is 5. The summed E-state index contributed by atoms with van der Waals surface area (Å²) in [5, 5.41) is 2.93. The first-order chi connectivity index (χ1) is 10.1. The van der Waals surface area contributed by atoms with Crippen molar-refractivity contribution in [3.05, 3.63) is 28.2 Å². The molecule has 0 radical (unpaired) electrons. The van der Waals surface area contributed by atoms with Gasteiger partial charge in [-0.25, -0.2) is 9.37 Å². The highest BCUT2D eigenvalue weighted by Crippen LogP contribution is 2.25. The van der Waals surface area contributed by atoms with E-state index in [1.807, 2.05) is 0 Å². The minimum absolute atomic E-state index is 0.0732. The van der Waals surface area contributed by atoms with Crippen molar-refractivity contribution in [3.63, 3.8) is 0 Å². The van der Waals surface area contributed by atoms with Gasteiger partial charge < -0.3 is 9.88 Å². The van der Waals surface area contributed by atoms with Gasteiger partial charge in [0, 0.05) is 24.4 Å². The Hall–Kier alpha value is -1.14. The second-order valence-electron chi connectivity index (χ2n) is 5.15. The van der Waals surface area contributed by atoms with Gasteiger partial charge in [0.15, 0.2) is 0 Å². The molecule has 112 valence electrons. The molecular weight excluding hydrogens is 361 g/mol. The van der Waals surface area contributed by atoms with Crippen molar-refractivity contribution in [2.24, 2.45) is 0 Å². The van der Waals surface area contributed by atoms with Crippen LogP contribution in [0.3, 0.4) is 0 Å². The number of fused-ring (bicyclic) bond motifs is 1. The lowest BCUT2D eigenvalue weighted by atomic mass is 10.3. The van der Waals surface area contributed by atoms with Crippen molar-refractivity contribution >= 4 is 44.5 Å². The number of hydrogen-bond acceptors (Lipinski definition) is 2. The highest BCUT2D eigenvalue weighted by Gasteiger charge is 2.24. The van der Waals surface area contributed by atoms with Crippen molar-refractivity contribution in [1.29, 1.82) is 0 Å². The topological polar surface area (TPSA) is 46.9 Å². The molecule has 0 spiro atoms. The van der Waals surface area contributed by atoms with E-state index in [-0.39, 0.29) is 18.3 Å². The van der Waals surface area contributed by atoms with Crippen molar-refractivity contribution < 1.29 is 9.18 Å². The molecule has 2 aromatic rings. The van der Waals surface area contributed by atoms with Crippen LogP contribution in [0.5, 0.6) is 0 Å². The van der Waals surface area contributed by atoms with Gasteiger partial charge in [-0.2, -0.15) is 0 Å². The Labute approximate surface area is 134 Å². The largest absolute Gasteiger partial charge is 0.352 e. The molecule has 0 bridgehead atoms. The monoisotopic (exact) mass is 373 g/mol. The molecule has 3 rings (SSSR count). The number of aromatic nitrogens is 2. The second-order valence-corrected chi connectivity index (χ2v) is 6.38. The highest BCUT2D eigenvalue weighted by molar-refractivity contribution is 9.10. The molecule has 0 aliphatic heterocycles. The summed E-state index contributed by atoms with van der Waals surface area (Å²) in [6.45, 7) is 0.139. The number of carbonyl (C=O) groups excluding carboxylic acids is 1.